The summed E-state index contributed by atoms with van der Waals surface area (Å²) in [6.07, 6.45) is -3.41. The van der Waals surface area contributed by atoms with Crippen molar-refractivity contribution in [1.29, 1.82) is 0 Å². The van der Waals surface area contributed by atoms with Crippen LogP contribution in [0.3, 0.4) is 0 Å². The highest BCUT2D eigenvalue weighted by Gasteiger charge is 2.56. The van der Waals surface area contributed by atoms with Crippen LogP contribution in [0.4, 0.5) is 13.2 Å². The van der Waals surface area contributed by atoms with Crippen LogP contribution in [0.1, 0.15) is 30.5 Å². The van der Waals surface area contributed by atoms with E-state index in [4.69, 9.17) is 4.74 Å². The van der Waals surface area contributed by atoms with Gasteiger partial charge < -0.3 is 24.6 Å². The number of benzene rings is 1. The Morgan fingerprint density at radius 3 is 2.69 bits per heavy atom. The van der Waals surface area contributed by atoms with Crippen molar-refractivity contribution in [3.05, 3.63) is 59.4 Å². The molecule has 0 radical (unpaired) electrons. The molecular formula is C19H18F3N3O4. The Kier molecular flexibility index (Phi) is 4.61. The minimum absolute atomic E-state index is 0.338. The molecular weight excluding hydrogens is 391 g/mol. The van der Waals surface area contributed by atoms with E-state index in [1.807, 2.05) is 0 Å². The number of aromatic nitrogens is 3. The molecule has 0 amide bonds. The van der Waals surface area contributed by atoms with Gasteiger partial charge in [-0.1, -0.05) is 0 Å². The predicted octanol–water partition coefficient (Wildman–Crippen LogP) is 1.90. The zero-order valence-electron chi connectivity index (χ0n) is 15.4. The average molecular weight is 409 g/mol. The first-order valence-corrected chi connectivity index (χ1v) is 8.79. The van der Waals surface area contributed by atoms with Crippen molar-refractivity contribution in [3.63, 3.8) is 0 Å². The largest absolute Gasteiger partial charge is 0.385 e. The molecule has 1 aliphatic heterocycles. The van der Waals surface area contributed by atoms with Crippen LogP contribution in [0.15, 0.2) is 30.7 Å². The number of hydrogen-bond acceptors (Lipinski definition) is 6. The number of aliphatic hydroxyl groups excluding tert-OH is 2. The molecule has 0 spiro atoms. The number of halogens is 3. The molecule has 3 aromatic rings. The molecule has 29 heavy (non-hydrogen) atoms. The molecule has 154 valence electrons. The van der Waals surface area contributed by atoms with Gasteiger partial charge in [0.1, 0.15) is 41.7 Å². The maximum atomic E-state index is 14.1. The fourth-order valence-corrected chi connectivity index (χ4v) is 3.69. The topological polar surface area (TPSA) is 101 Å². The first-order valence-electron chi connectivity index (χ1n) is 8.79. The van der Waals surface area contributed by atoms with Crippen LogP contribution in [0, 0.1) is 24.4 Å². The van der Waals surface area contributed by atoms with Crippen molar-refractivity contribution in [2.45, 2.75) is 44.0 Å². The van der Waals surface area contributed by atoms with E-state index in [-0.39, 0.29) is 0 Å². The summed E-state index contributed by atoms with van der Waals surface area (Å²) in [4.78, 5) is 8.23. The van der Waals surface area contributed by atoms with E-state index >= 15 is 0 Å². The van der Waals surface area contributed by atoms with Crippen LogP contribution in [0.5, 0.6) is 0 Å². The van der Waals surface area contributed by atoms with Gasteiger partial charge in [-0.3, -0.25) is 0 Å². The summed E-state index contributed by atoms with van der Waals surface area (Å²) in [5.74, 6) is -4.06. The minimum atomic E-state index is -2.07. The zero-order valence-corrected chi connectivity index (χ0v) is 15.4. The Bertz CT molecular complexity index is 1090. The van der Waals surface area contributed by atoms with Gasteiger partial charge in [-0.15, -0.1) is 0 Å². The number of ether oxygens (including phenoxy) is 1. The van der Waals surface area contributed by atoms with E-state index in [0.717, 1.165) is 0 Å². The number of rotatable bonds is 3. The van der Waals surface area contributed by atoms with E-state index in [1.165, 1.54) is 17.8 Å². The van der Waals surface area contributed by atoms with E-state index in [0.29, 0.717) is 28.9 Å². The number of aryl methyl sites for hydroxylation is 1. The highest BCUT2D eigenvalue weighted by atomic mass is 19.2. The Hall–Kier alpha value is -2.53. The lowest BCUT2D eigenvalue weighted by molar-refractivity contribution is -0.115. The van der Waals surface area contributed by atoms with Crippen molar-refractivity contribution in [2.24, 2.45) is 0 Å². The standard InChI is InChI=1S/C19H18F3N3O4/c1-8-10-3-4-25(17(10)24-7-23-8)18-15(27)19(2,28)16(29-18)14(26)11-5-9(20)6-12(21)13(11)22/h3-7,14-16,18,26-28H,1-2H3/t14-,15+,16-,18-,19+/m1/s1. The number of fused-ring (bicyclic) bond motifs is 1. The molecule has 0 bridgehead atoms. The Labute approximate surface area is 163 Å². The Morgan fingerprint density at radius 1 is 1.24 bits per heavy atom. The third kappa shape index (κ3) is 2.99. The van der Waals surface area contributed by atoms with E-state index in [1.54, 1.807) is 19.2 Å². The molecule has 0 aliphatic carbocycles. The highest BCUT2D eigenvalue weighted by Crippen LogP contribution is 2.44. The van der Waals surface area contributed by atoms with E-state index in [9.17, 15) is 28.5 Å². The quantitative estimate of drug-likeness (QED) is 0.572. The molecule has 5 atom stereocenters. The lowest BCUT2D eigenvalue weighted by Crippen LogP contribution is -2.47. The second kappa shape index (κ2) is 6.77. The first-order chi connectivity index (χ1) is 13.6. The molecule has 1 aliphatic rings. The van der Waals surface area contributed by atoms with Crippen LogP contribution < -0.4 is 0 Å². The molecule has 2 aromatic heterocycles. The van der Waals surface area contributed by atoms with Crippen LogP contribution in [-0.4, -0.2) is 47.7 Å². The van der Waals surface area contributed by atoms with Gasteiger partial charge in [0.2, 0.25) is 0 Å². The summed E-state index contributed by atoms with van der Waals surface area (Å²) in [6, 6.07) is 2.65. The summed E-state index contributed by atoms with van der Waals surface area (Å²) in [7, 11) is 0. The lowest BCUT2D eigenvalue weighted by atomic mass is 9.88. The molecule has 3 N–H and O–H groups in total. The fourth-order valence-electron chi connectivity index (χ4n) is 3.69. The fraction of sp³-hybridized carbons (Fsp3) is 0.368. The van der Waals surface area contributed by atoms with Gasteiger partial charge in [0, 0.05) is 23.2 Å². The predicted molar refractivity (Wildman–Crippen MR) is 94.1 cm³/mol. The minimum Gasteiger partial charge on any atom is -0.385 e. The lowest BCUT2D eigenvalue weighted by Gasteiger charge is -2.29. The molecule has 7 nitrogen and oxygen atoms in total. The monoisotopic (exact) mass is 409 g/mol. The van der Waals surface area contributed by atoms with Crippen LogP contribution in [0.25, 0.3) is 11.0 Å². The van der Waals surface area contributed by atoms with Crippen molar-refractivity contribution >= 4 is 11.0 Å². The van der Waals surface area contributed by atoms with Crippen molar-refractivity contribution in [1.82, 2.24) is 14.5 Å². The SMILES string of the molecule is Cc1ncnc2c1ccn2[C@@H]1O[C@H]([C@H](O)c2cc(F)cc(F)c2F)[C@@](C)(O)[C@H]1O. The second-order valence-corrected chi connectivity index (χ2v) is 7.27. The van der Waals surface area contributed by atoms with E-state index in [2.05, 4.69) is 9.97 Å². The molecule has 1 saturated heterocycles. The zero-order chi connectivity index (χ0) is 21.1. The molecule has 3 heterocycles. The van der Waals surface area contributed by atoms with E-state index < -0.39 is 53.2 Å². The number of nitrogens with zero attached hydrogens (tertiary/aromatic N) is 3. The van der Waals surface area contributed by atoms with Gasteiger partial charge in [0.25, 0.3) is 0 Å². The van der Waals surface area contributed by atoms with Gasteiger partial charge >= 0.3 is 0 Å². The summed E-state index contributed by atoms with van der Waals surface area (Å²) in [5.41, 5.74) is -1.70. The smallest absolute Gasteiger partial charge is 0.164 e. The third-order valence-electron chi connectivity index (χ3n) is 5.34. The normalized spacial score (nSPS) is 28.2. The maximum Gasteiger partial charge on any atom is 0.164 e. The molecule has 10 heteroatoms. The van der Waals surface area contributed by atoms with Crippen LogP contribution in [-0.2, 0) is 4.74 Å². The highest BCUT2D eigenvalue weighted by molar-refractivity contribution is 5.78. The van der Waals surface area contributed by atoms with Gasteiger partial charge in [0.15, 0.2) is 17.9 Å². The maximum absolute atomic E-state index is 14.1. The second-order valence-electron chi connectivity index (χ2n) is 7.27. The molecule has 4 rings (SSSR count). The van der Waals surface area contributed by atoms with Crippen molar-refractivity contribution < 1.29 is 33.2 Å². The molecule has 1 fully saturated rings. The number of hydrogen-bond donors (Lipinski definition) is 3. The summed E-state index contributed by atoms with van der Waals surface area (Å²) >= 11 is 0. The van der Waals surface area contributed by atoms with Crippen LogP contribution in [0.2, 0.25) is 0 Å². The summed E-state index contributed by atoms with van der Waals surface area (Å²) in [6.45, 7) is 2.95. The number of aliphatic hydroxyl groups is 3. The van der Waals surface area contributed by atoms with Gasteiger partial charge in [0.05, 0.1) is 5.69 Å². The van der Waals surface area contributed by atoms with Gasteiger partial charge in [-0.25, -0.2) is 23.1 Å². The summed E-state index contributed by atoms with van der Waals surface area (Å²) in [5, 5.41) is 32.7. The average Bonchev–Trinajstić information content (AvgIpc) is 3.18. The Morgan fingerprint density at radius 2 is 1.97 bits per heavy atom. The van der Waals surface area contributed by atoms with Crippen molar-refractivity contribution in [3.8, 4) is 0 Å². The first kappa shape index (κ1) is 19.8. The van der Waals surface area contributed by atoms with Gasteiger partial charge in [-0.05, 0) is 26.0 Å². The molecule has 1 aromatic carbocycles. The third-order valence-corrected chi connectivity index (χ3v) is 5.34. The molecule has 0 unspecified atom stereocenters. The molecule has 0 saturated carbocycles. The van der Waals surface area contributed by atoms with Gasteiger partial charge in [-0.2, -0.15) is 0 Å². The Balaban J connectivity index is 1.74. The van der Waals surface area contributed by atoms with Crippen molar-refractivity contribution in [2.75, 3.05) is 0 Å². The van der Waals surface area contributed by atoms with Crippen LogP contribution >= 0.6 is 0 Å². The summed E-state index contributed by atoms with van der Waals surface area (Å²) < 4.78 is 48.4.